The Hall–Kier alpha value is -3.41. The van der Waals surface area contributed by atoms with Crippen LogP contribution < -0.4 is 4.74 Å². The minimum Gasteiger partial charge on any atom is -0.496 e. The van der Waals surface area contributed by atoms with Gasteiger partial charge in [0.2, 0.25) is 12.4 Å². The van der Waals surface area contributed by atoms with E-state index in [1.165, 1.54) is 44.7 Å². The Balaban J connectivity index is 1.73. The SMILES string of the molecule is COc1cc(C)c(Cc2ccc(-c3ccc(F)cc3)s2)cc1C1OC(OC(C)=O)C(OC(C)=O)C(OC(C)=O)C1SC. The van der Waals surface area contributed by atoms with Gasteiger partial charge >= 0.3 is 17.9 Å². The van der Waals surface area contributed by atoms with Crippen LogP contribution in [0, 0.1) is 12.7 Å². The molecule has 0 bridgehead atoms. The fourth-order valence-electron chi connectivity index (χ4n) is 4.98. The van der Waals surface area contributed by atoms with Gasteiger partial charge in [-0.1, -0.05) is 12.1 Å². The van der Waals surface area contributed by atoms with Crippen molar-refractivity contribution in [3.05, 3.63) is 75.9 Å². The van der Waals surface area contributed by atoms with Crippen LogP contribution in [0.2, 0.25) is 0 Å². The number of halogens is 1. The molecule has 4 rings (SSSR count). The van der Waals surface area contributed by atoms with E-state index in [1.807, 2.05) is 37.4 Å². The average Bonchev–Trinajstić information content (AvgIpc) is 3.39. The van der Waals surface area contributed by atoms with Crippen molar-refractivity contribution < 1.29 is 42.5 Å². The summed E-state index contributed by atoms with van der Waals surface area (Å²) in [5.41, 5.74) is 3.61. The molecule has 11 heteroatoms. The summed E-state index contributed by atoms with van der Waals surface area (Å²) in [4.78, 5) is 38.3. The second-order valence-electron chi connectivity index (χ2n) is 9.85. The first kappa shape index (κ1) is 31.5. The summed E-state index contributed by atoms with van der Waals surface area (Å²) in [7, 11) is 1.55. The van der Waals surface area contributed by atoms with Gasteiger partial charge in [0.1, 0.15) is 17.7 Å². The molecule has 42 heavy (non-hydrogen) atoms. The highest BCUT2D eigenvalue weighted by atomic mass is 32.2. The lowest BCUT2D eigenvalue weighted by atomic mass is 9.91. The number of methoxy groups -OCH3 is 1. The Kier molecular flexibility index (Phi) is 10.3. The molecule has 1 saturated heterocycles. The molecule has 0 N–H and O–H groups in total. The number of thiophene rings is 1. The number of carbonyl (C=O) groups is 3. The highest BCUT2D eigenvalue weighted by molar-refractivity contribution is 7.99. The number of hydrogen-bond donors (Lipinski definition) is 0. The van der Waals surface area contributed by atoms with E-state index in [2.05, 4.69) is 0 Å². The zero-order chi connectivity index (χ0) is 30.6. The van der Waals surface area contributed by atoms with Crippen molar-refractivity contribution in [3.8, 4) is 16.2 Å². The average molecular weight is 617 g/mol. The van der Waals surface area contributed by atoms with E-state index in [0.29, 0.717) is 17.7 Å². The van der Waals surface area contributed by atoms with Gasteiger partial charge in [-0.3, -0.25) is 14.4 Å². The van der Waals surface area contributed by atoms with E-state index in [1.54, 1.807) is 30.6 Å². The van der Waals surface area contributed by atoms with Crippen molar-refractivity contribution >= 4 is 41.0 Å². The zero-order valence-corrected chi connectivity index (χ0v) is 25.8. The van der Waals surface area contributed by atoms with Gasteiger partial charge in [-0.25, -0.2) is 4.39 Å². The lowest BCUT2D eigenvalue weighted by molar-refractivity contribution is -0.266. The number of rotatable bonds is 9. The third-order valence-electron chi connectivity index (χ3n) is 6.80. The van der Waals surface area contributed by atoms with E-state index in [9.17, 15) is 18.8 Å². The lowest BCUT2D eigenvalue weighted by Gasteiger charge is -2.44. The first-order valence-corrected chi connectivity index (χ1v) is 15.3. The molecule has 224 valence electrons. The summed E-state index contributed by atoms with van der Waals surface area (Å²) in [5.74, 6) is -1.60. The molecular formula is C31H33FO8S2. The maximum absolute atomic E-state index is 13.4. The number of ether oxygens (including phenoxy) is 5. The predicted molar refractivity (Wildman–Crippen MR) is 158 cm³/mol. The normalized spacial score (nSPS) is 21.8. The van der Waals surface area contributed by atoms with Crippen LogP contribution >= 0.6 is 23.1 Å². The second-order valence-corrected chi connectivity index (χ2v) is 12.0. The number of esters is 3. The number of carbonyl (C=O) groups excluding carboxylic acids is 3. The number of hydrogen-bond acceptors (Lipinski definition) is 10. The molecule has 1 aliphatic rings. The van der Waals surface area contributed by atoms with Crippen LogP contribution in [0.1, 0.15) is 48.4 Å². The van der Waals surface area contributed by atoms with Crippen LogP contribution in [-0.4, -0.2) is 55.0 Å². The summed E-state index contributed by atoms with van der Waals surface area (Å²) >= 11 is 2.99. The van der Waals surface area contributed by atoms with Crippen LogP contribution in [0.25, 0.3) is 10.4 Å². The number of aryl methyl sites for hydroxylation is 1. The molecule has 1 aromatic heterocycles. The molecule has 2 aromatic carbocycles. The van der Waals surface area contributed by atoms with Crippen molar-refractivity contribution in [3.63, 3.8) is 0 Å². The first-order valence-electron chi connectivity index (χ1n) is 13.2. The lowest BCUT2D eigenvalue weighted by Crippen LogP contribution is -2.57. The van der Waals surface area contributed by atoms with Gasteiger partial charge < -0.3 is 23.7 Å². The van der Waals surface area contributed by atoms with Gasteiger partial charge in [0.05, 0.1) is 12.4 Å². The Labute approximate surface area is 252 Å². The Morgan fingerprint density at radius 2 is 1.57 bits per heavy atom. The zero-order valence-electron chi connectivity index (χ0n) is 24.2. The van der Waals surface area contributed by atoms with Gasteiger partial charge in [0.15, 0.2) is 6.10 Å². The molecule has 0 saturated carbocycles. The standard InChI is InChI=1S/C31H33FO8S2/c1-16-13-25(36-5)24(15-21(16)14-23-11-12-26(42-23)20-7-9-22(32)10-8-20)27-30(41-6)28(37-17(2)33)29(38-18(3)34)31(40-27)39-19(4)35/h7-13,15,27-31H,14H2,1-6H3. The molecule has 0 radical (unpaired) electrons. The van der Waals surface area contributed by atoms with Crippen LogP contribution in [-0.2, 0) is 39.8 Å². The monoisotopic (exact) mass is 616 g/mol. The van der Waals surface area contributed by atoms with Gasteiger partial charge in [-0.05, 0) is 66.3 Å². The molecule has 8 nitrogen and oxygen atoms in total. The molecule has 2 heterocycles. The van der Waals surface area contributed by atoms with Crippen molar-refractivity contribution in [2.24, 2.45) is 0 Å². The maximum atomic E-state index is 13.4. The van der Waals surface area contributed by atoms with Gasteiger partial charge in [0.25, 0.3) is 0 Å². The smallest absolute Gasteiger partial charge is 0.305 e. The highest BCUT2D eigenvalue weighted by Gasteiger charge is 2.52. The van der Waals surface area contributed by atoms with E-state index in [4.69, 9.17) is 23.7 Å². The molecule has 3 aromatic rings. The number of thioether (sulfide) groups is 1. The van der Waals surface area contributed by atoms with E-state index in [0.717, 1.165) is 26.4 Å². The van der Waals surface area contributed by atoms with Gasteiger partial charge in [-0.15, -0.1) is 11.3 Å². The van der Waals surface area contributed by atoms with Crippen LogP contribution in [0.15, 0.2) is 48.5 Å². The third-order valence-corrected chi connectivity index (χ3v) is 9.00. The predicted octanol–water partition coefficient (Wildman–Crippen LogP) is 6.02. The summed E-state index contributed by atoms with van der Waals surface area (Å²) in [6.07, 6.45) is -1.78. The second kappa shape index (κ2) is 13.7. The van der Waals surface area contributed by atoms with Crippen LogP contribution in [0.3, 0.4) is 0 Å². The Morgan fingerprint density at radius 3 is 2.17 bits per heavy atom. The summed E-state index contributed by atoms with van der Waals surface area (Å²) in [6, 6.07) is 14.4. The molecular weight excluding hydrogens is 583 g/mol. The van der Waals surface area contributed by atoms with Crippen LogP contribution in [0.4, 0.5) is 4.39 Å². The fourth-order valence-corrected chi connectivity index (χ4v) is 6.96. The fraction of sp³-hybridized carbons (Fsp3) is 0.387. The quantitative estimate of drug-likeness (QED) is 0.211. The minimum absolute atomic E-state index is 0.281. The minimum atomic E-state index is -1.32. The van der Waals surface area contributed by atoms with Gasteiger partial charge in [0, 0.05) is 42.5 Å². The molecule has 0 spiro atoms. The summed E-state index contributed by atoms with van der Waals surface area (Å²) in [5, 5.41) is -0.540. The third kappa shape index (κ3) is 7.32. The first-order chi connectivity index (χ1) is 20.0. The molecule has 5 atom stereocenters. The molecule has 0 aliphatic carbocycles. The topological polar surface area (TPSA) is 97.4 Å². The summed E-state index contributed by atoms with van der Waals surface area (Å²) in [6.45, 7) is 5.69. The van der Waals surface area contributed by atoms with Crippen molar-refractivity contribution in [1.82, 2.24) is 0 Å². The highest BCUT2D eigenvalue weighted by Crippen LogP contribution is 2.45. The number of benzene rings is 2. The van der Waals surface area contributed by atoms with Crippen LogP contribution in [0.5, 0.6) is 5.75 Å². The maximum Gasteiger partial charge on any atom is 0.305 e. The van der Waals surface area contributed by atoms with E-state index < -0.39 is 47.8 Å². The Morgan fingerprint density at radius 1 is 0.929 bits per heavy atom. The van der Waals surface area contributed by atoms with Crippen molar-refractivity contribution in [1.29, 1.82) is 0 Å². The summed E-state index contributed by atoms with van der Waals surface area (Å²) < 4.78 is 42.1. The van der Waals surface area contributed by atoms with E-state index >= 15 is 0 Å². The largest absolute Gasteiger partial charge is 0.496 e. The molecule has 0 amide bonds. The van der Waals surface area contributed by atoms with Gasteiger partial charge in [-0.2, -0.15) is 11.8 Å². The molecule has 5 unspecified atom stereocenters. The molecule has 1 aliphatic heterocycles. The Bertz CT molecular complexity index is 1440. The van der Waals surface area contributed by atoms with Crippen molar-refractivity contribution in [2.45, 2.75) is 64.0 Å². The van der Waals surface area contributed by atoms with E-state index in [-0.39, 0.29) is 5.82 Å². The molecule has 1 fully saturated rings. The van der Waals surface area contributed by atoms with Crippen molar-refractivity contribution in [2.75, 3.05) is 13.4 Å².